The van der Waals surface area contributed by atoms with Gasteiger partial charge in [0.15, 0.2) is 13.2 Å². The molecule has 2 aromatic carbocycles. The Bertz CT molecular complexity index is 2460. The number of hydrogen-bond acceptors (Lipinski definition) is 11. The Morgan fingerprint density at radius 3 is 1.55 bits per heavy atom. The molecule has 58 heavy (non-hydrogen) atoms. The first-order valence-electron chi connectivity index (χ1n) is 17.2. The Morgan fingerprint density at radius 1 is 0.621 bits per heavy atom. The van der Waals surface area contributed by atoms with E-state index in [2.05, 4.69) is 34.4 Å². The minimum atomic E-state index is -4.45. The highest BCUT2D eigenvalue weighted by atomic mass is 19.4. The van der Waals surface area contributed by atoms with Gasteiger partial charge in [0, 0.05) is 47.9 Å². The molecule has 6 aromatic rings. The summed E-state index contributed by atoms with van der Waals surface area (Å²) in [7, 11) is 0. The molecule has 6 rings (SSSR count). The molecule has 0 radical (unpaired) electrons. The fraction of sp³-hybridized carbons (Fsp3) is 0.237. The minimum Gasteiger partial charge on any atom is -0.484 e. The van der Waals surface area contributed by atoms with Crippen LogP contribution in [0.2, 0.25) is 0 Å². The molecule has 0 atom stereocenters. The van der Waals surface area contributed by atoms with Gasteiger partial charge in [0.2, 0.25) is 5.56 Å². The summed E-state index contributed by atoms with van der Waals surface area (Å²) in [6, 6.07) is 16.6. The van der Waals surface area contributed by atoms with Gasteiger partial charge in [-0.25, -0.2) is 19.1 Å². The van der Waals surface area contributed by atoms with E-state index in [0.29, 0.717) is 34.6 Å². The molecule has 0 saturated carbocycles. The third kappa shape index (κ3) is 11.8. The Kier molecular flexibility index (Phi) is 13.6. The van der Waals surface area contributed by atoms with E-state index in [1.807, 2.05) is 6.92 Å². The van der Waals surface area contributed by atoms with Gasteiger partial charge in [-0.2, -0.15) is 36.3 Å². The fourth-order valence-electron chi connectivity index (χ4n) is 4.96. The van der Waals surface area contributed by atoms with E-state index >= 15 is 0 Å². The summed E-state index contributed by atoms with van der Waals surface area (Å²) in [5, 5.41) is 0. The van der Waals surface area contributed by atoms with Crippen molar-refractivity contribution < 1.29 is 45.3 Å². The van der Waals surface area contributed by atoms with Gasteiger partial charge in [-0.15, -0.1) is 0 Å². The van der Waals surface area contributed by atoms with Gasteiger partial charge < -0.3 is 23.9 Å². The summed E-state index contributed by atoms with van der Waals surface area (Å²) in [5.41, 5.74) is 1.06. The molecule has 1 N–H and O–H groups in total. The fourth-order valence-corrected chi connectivity index (χ4v) is 4.96. The topological polar surface area (TPSA) is 165 Å². The second kappa shape index (κ2) is 18.8. The van der Waals surface area contributed by atoms with Crippen molar-refractivity contribution in [2.24, 2.45) is 0 Å². The van der Waals surface area contributed by atoms with Gasteiger partial charge in [-0.1, -0.05) is 6.92 Å². The molecule has 0 spiro atoms. The van der Waals surface area contributed by atoms with Crippen molar-refractivity contribution >= 4 is 0 Å². The number of pyridine rings is 1. The molecule has 14 nitrogen and oxygen atoms in total. The van der Waals surface area contributed by atoms with Crippen molar-refractivity contribution in [2.75, 3.05) is 26.4 Å². The number of halogens is 6. The van der Waals surface area contributed by atoms with Crippen LogP contribution in [0.1, 0.15) is 20.3 Å². The molecule has 4 heterocycles. The summed E-state index contributed by atoms with van der Waals surface area (Å²) in [4.78, 5) is 56.0. The first kappa shape index (κ1) is 42.2. The predicted molar refractivity (Wildman–Crippen MR) is 197 cm³/mol. The molecule has 0 unspecified atom stereocenters. The number of ether oxygens (including phenoxy) is 4. The standard InChI is InChI=1S/C20H18F3N3O4.C18H15F3N4O3/c1-2-9-29-19-25-16(13-7-8-24-17(27)10-13)11-18(28)26(19)14-3-5-15(6-4-14)30-12-20(21,22)23;1-2-27-17-24-15(12-8-22-11-23-9-12)7-16(26)25(17)13-3-5-14(6-4-13)28-10-18(19,20)21/h3-8,10-11H,2,9,12H2,1H3,(H,24,27);3-9,11H,2,10H2,1H3. The molecule has 0 aliphatic rings. The van der Waals surface area contributed by atoms with Crippen LogP contribution in [0.25, 0.3) is 33.9 Å². The number of nitrogens with zero attached hydrogens (tertiary/aromatic N) is 6. The third-order valence-corrected chi connectivity index (χ3v) is 7.41. The third-order valence-electron chi connectivity index (χ3n) is 7.41. The number of aromatic amines is 1. The van der Waals surface area contributed by atoms with Crippen LogP contribution in [0.15, 0.2) is 112 Å². The lowest BCUT2D eigenvalue weighted by Gasteiger charge is -2.14. The van der Waals surface area contributed by atoms with E-state index in [0.717, 1.165) is 0 Å². The van der Waals surface area contributed by atoms with Crippen molar-refractivity contribution in [1.29, 1.82) is 0 Å². The maximum absolute atomic E-state index is 12.8. The Balaban J connectivity index is 0.000000221. The molecular weight excluding hydrogens is 780 g/mol. The highest BCUT2D eigenvalue weighted by Gasteiger charge is 2.29. The van der Waals surface area contributed by atoms with E-state index in [-0.39, 0.29) is 48.0 Å². The van der Waals surface area contributed by atoms with Crippen LogP contribution < -0.4 is 35.6 Å². The summed E-state index contributed by atoms with van der Waals surface area (Å²) < 4.78 is 96.5. The van der Waals surface area contributed by atoms with E-state index in [1.165, 1.54) is 101 Å². The van der Waals surface area contributed by atoms with E-state index < -0.39 is 36.7 Å². The smallest absolute Gasteiger partial charge is 0.422 e. The van der Waals surface area contributed by atoms with Crippen molar-refractivity contribution in [3.63, 3.8) is 0 Å². The molecule has 304 valence electrons. The van der Waals surface area contributed by atoms with Gasteiger partial charge in [0.1, 0.15) is 17.8 Å². The maximum atomic E-state index is 12.8. The van der Waals surface area contributed by atoms with Crippen molar-refractivity contribution in [2.45, 2.75) is 32.6 Å². The van der Waals surface area contributed by atoms with Gasteiger partial charge in [-0.05, 0) is 67.9 Å². The van der Waals surface area contributed by atoms with Crippen LogP contribution >= 0.6 is 0 Å². The maximum Gasteiger partial charge on any atom is 0.422 e. The lowest BCUT2D eigenvalue weighted by atomic mass is 10.2. The monoisotopic (exact) mass is 813 g/mol. The molecule has 4 aromatic heterocycles. The predicted octanol–water partition coefficient (Wildman–Crippen LogP) is 6.35. The molecule has 0 saturated heterocycles. The van der Waals surface area contributed by atoms with Crippen LogP contribution in [0, 0.1) is 0 Å². The average molecular weight is 814 g/mol. The Hall–Kier alpha value is -6.99. The van der Waals surface area contributed by atoms with Crippen molar-refractivity contribution in [3.05, 3.63) is 129 Å². The van der Waals surface area contributed by atoms with Crippen molar-refractivity contribution in [1.82, 2.24) is 34.1 Å². The highest BCUT2D eigenvalue weighted by Crippen LogP contribution is 2.25. The zero-order chi connectivity index (χ0) is 41.9. The van der Waals surface area contributed by atoms with Crippen LogP contribution in [-0.4, -0.2) is 72.8 Å². The number of H-pyrrole nitrogens is 1. The average Bonchev–Trinajstić information content (AvgIpc) is 3.19. The van der Waals surface area contributed by atoms with E-state index in [1.54, 1.807) is 13.0 Å². The first-order chi connectivity index (χ1) is 27.6. The first-order valence-corrected chi connectivity index (χ1v) is 17.2. The SMILES string of the molecule is CCCOc1nc(-c2cc[nH]c(=O)c2)cc(=O)n1-c1ccc(OCC(F)(F)F)cc1.CCOc1nc(-c2cncnc2)cc(=O)n1-c1ccc(OCC(F)(F)F)cc1. The number of nitrogens with one attached hydrogen (secondary N) is 1. The van der Waals surface area contributed by atoms with Gasteiger partial charge in [-0.3, -0.25) is 14.4 Å². The minimum absolute atomic E-state index is 0.00333. The van der Waals surface area contributed by atoms with Crippen LogP contribution in [0.4, 0.5) is 26.3 Å². The van der Waals surface area contributed by atoms with Gasteiger partial charge in [0.05, 0.1) is 36.0 Å². The zero-order valence-corrected chi connectivity index (χ0v) is 30.6. The molecule has 0 aliphatic heterocycles. The summed E-state index contributed by atoms with van der Waals surface area (Å²) in [5.74, 6) is 0.0336. The second-order valence-corrected chi connectivity index (χ2v) is 11.8. The number of rotatable bonds is 13. The molecular formula is C38H33F6N7O7. The van der Waals surface area contributed by atoms with Crippen molar-refractivity contribution in [3.8, 4) is 57.4 Å². The molecule has 0 fully saturated rings. The highest BCUT2D eigenvalue weighted by molar-refractivity contribution is 5.59. The van der Waals surface area contributed by atoms with Crippen LogP contribution in [-0.2, 0) is 0 Å². The molecule has 0 aliphatic carbocycles. The quantitative estimate of drug-likeness (QED) is 0.129. The number of aromatic nitrogens is 7. The van der Waals surface area contributed by atoms with Gasteiger partial charge in [0.25, 0.3) is 11.1 Å². The number of hydrogen-bond donors (Lipinski definition) is 1. The lowest BCUT2D eigenvalue weighted by Crippen LogP contribution is -2.22. The van der Waals surface area contributed by atoms with Crippen LogP contribution in [0.5, 0.6) is 23.5 Å². The molecule has 0 amide bonds. The summed E-state index contributed by atoms with van der Waals surface area (Å²) >= 11 is 0. The number of benzene rings is 2. The largest absolute Gasteiger partial charge is 0.484 e. The Labute approximate surface area is 324 Å². The van der Waals surface area contributed by atoms with E-state index in [9.17, 15) is 40.7 Å². The second-order valence-electron chi connectivity index (χ2n) is 11.8. The molecule has 20 heteroatoms. The zero-order valence-electron chi connectivity index (χ0n) is 30.6. The lowest BCUT2D eigenvalue weighted by molar-refractivity contribution is -0.154. The van der Waals surface area contributed by atoms with Gasteiger partial charge >= 0.3 is 24.4 Å². The number of alkyl halides is 6. The Morgan fingerprint density at radius 2 is 1.10 bits per heavy atom. The van der Waals surface area contributed by atoms with Crippen LogP contribution in [0.3, 0.4) is 0 Å². The summed E-state index contributed by atoms with van der Waals surface area (Å²) in [6.45, 7) is 1.36. The normalized spacial score (nSPS) is 11.3. The molecule has 0 bridgehead atoms. The summed E-state index contributed by atoms with van der Waals surface area (Å²) in [6.07, 6.45) is -2.39. The van der Waals surface area contributed by atoms with E-state index in [4.69, 9.17) is 9.47 Å².